The minimum Gasteiger partial charge on any atom is -0.381 e. The molecule has 0 aliphatic carbocycles. The normalized spacial score (nSPS) is 17.1. The van der Waals surface area contributed by atoms with Crippen molar-refractivity contribution in [2.75, 3.05) is 46.1 Å². The number of carbonyl (C=O) groups excluding carboxylic acids is 1. The zero-order valence-corrected chi connectivity index (χ0v) is 19.6. The smallest absolute Gasteiger partial charge is 0.195 e. The molecule has 166 valence electrons. The maximum atomic E-state index is 12.7. The van der Waals surface area contributed by atoms with Crippen LogP contribution in [-0.4, -0.2) is 58.9 Å². The molecule has 2 N–H and O–H groups in total. The Bertz CT molecular complexity index is 752. The van der Waals surface area contributed by atoms with Gasteiger partial charge in [0.1, 0.15) is 6.54 Å². The quantitative estimate of drug-likeness (QED) is 0.379. The number of ketones is 1. The number of quaternary nitrogens is 1. The summed E-state index contributed by atoms with van der Waals surface area (Å²) in [5.74, 6) is -0.0390. The Hall–Kier alpha value is -1.67. The molecule has 0 aromatic heterocycles. The van der Waals surface area contributed by atoms with Gasteiger partial charge in [0.15, 0.2) is 18.2 Å². The minimum atomic E-state index is -0.0648. The summed E-state index contributed by atoms with van der Waals surface area (Å²) in [6, 6.07) is 14.5. The number of ether oxygens (including phenoxy) is 2. The maximum absolute atomic E-state index is 12.7. The Labute approximate surface area is 189 Å². The highest BCUT2D eigenvalue weighted by molar-refractivity contribution is 6.31. The molecule has 2 aromatic rings. The fourth-order valence-corrected chi connectivity index (χ4v) is 2.80. The van der Waals surface area contributed by atoms with E-state index in [9.17, 15) is 4.79 Å². The van der Waals surface area contributed by atoms with E-state index >= 15 is 0 Å². The molecule has 0 bridgehead atoms. The number of anilines is 1. The molecule has 6 nitrogen and oxygen atoms in total. The first kappa shape index (κ1) is 26.4. The number of methoxy groups -OCH3 is 2. The molecule has 3 rings (SSSR count). The molecule has 30 heavy (non-hydrogen) atoms. The second-order valence-corrected chi connectivity index (χ2v) is 6.89. The van der Waals surface area contributed by atoms with Gasteiger partial charge in [0.2, 0.25) is 0 Å². The van der Waals surface area contributed by atoms with Crippen LogP contribution in [0.4, 0.5) is 5.69 Å². The summed E-state index contributed by atoms with van der Waals surface area (Å²) in [5, 5.41) is 4.90. The monoisotopic (exact) mass is 457 g/mol. The number of hydrogen-bond donors (Lipinski definition) is 2. The second-order valence-electron chi connectivity index (χ2n) is 6.45. The van der Waals surface area contributed by atoms with Crippen molar-refractivity contribution in [3.05, 3.63) is 64.7 Å². The van der Waals surface area contributed by atoms with Crippen LogP contribution in [0.5, 0.6) is 0 Å². The van der Waals surface area contributed by atoms with Gasteiger partial charge in [-0.1, -0.05) is 41.9 Å². The first-order valence-corrected chi connectivity index (χ1v) is 10.6. The number of carbonyl (C=O) groups is 1. The number of halogens is 2. The Morgan fingerprint density at radius 1 is 1.20 bits per heavy atom. The molecule has 1 fully saturated rings. The summed E-state index contributed by atoms with van der Waals surface area (Å²) >= 11 is 10.7. The summed E-state index contributed by atoms with van der Waals surface area (Å²) < 4.78 is 9.35. The highest BCUT2D eigenvalue weighted by Gasteiger charge is 2.30. The van der Waals surface area contributed by atoms with Crippen LogP contribution in [-0.2, 0) is 14.3 Å². The molecule has 1 heterocycles. The lowest BCUT2D eigenvalue weighted by Crippen LogP contribution is -3.17. The van der Waals surface area contributed by atoms with Gasteiger partial charge < -0.3 is 14.8 Å². The van der Waals surface area contributed by atoms with Crippen LogP contribution in [0.2, 0.25) is 5.02 Å². The summed E-state index contributed by atoms with van der Waals surface area (Å²) in [6.45, 7) is 3.47. The molecule has 2 aromatic carbocycles. The van der Waals surface area contributed by atoms with Gasteiger partial charge in [0.05, 0.1) is 13.6 Å². The molecule has 8 heteroatoms. The SMILES string of the molecule is CCl.COC(C)OC.C[NH+]1CC(CNc2ccc(Cl)cc2C(=O)c2ccccc2)O1. The van der Waals surface area contributed by atoms with Crippen molar-refractivity contribution in [1.82, 2.24) is 0 Å². The molecular weight excluding hydrogens is 427 g/mol. The van der Waals surface area contributed by atoms with Crippen LogP contribution < -0.4 is 10.4 Å². The third-order valence-electron chi connectivity index (χ3n) is 4.33. The number of hydroxylamine groups is 2. The number of alkyl halides is 1. The van der Waals surface area contributed by atoms with E-state index in [2.05, 4.69) is 26.4 Å². The van der Waals surface area contributed by atoms with Gasteiger partial charge in [-0.3, -0.25) is 4.79 Å². The van der Waals surface area contributed by atoms with Gasteiger partial charge in [-0.15, -0.1) is 11.6 Å². The second kappa shape index (κ2) is 14.4. The average molecular weight is 458 g/mol. The van der Waals surface area contributed by atoms with Gasteiger partial charge in [0, 0.05) is 42.4 Å². The fourth-order valence-electron chi connectivity index (χ4n) is 2.63. The average Bonchev–Trinajstić information content (AvgIpc) is 2.77. The first-order valence-electron chi connectivity index (χ1n) is 9.50. The number of likely N-dealkylation sites (N-methyl/N-ethyl adjacent to an activating group) is 1. The highest BCUT2D eigenvalue weighted by Crippen LogP contribution is 2.23. The Morgan fingerprint density at radius 3 is 2.30 bits per heavy atom. The lowest BCUT2D eigenvalue weighted by Gasteiger charge is -2.30. The molecule has 0 radical (unpaired) electrons. The maximum Gasteiger partial charge on any atom is 0.195 e. The molecule has 1 aliphatic rings. The zero-order chi connectivity index (χ0) is 22.5. The predicted octanol–water partition coefficient (Wildman–Crippen LogP) is 3.29. The highest BCUT2D eigenvalue weighted by atomic mass is 35.5. The van der Waals surface area contributed by atoms with Crippen LogP contribution in [0.3, 0.4) is 0 Å². The minimum absolute atomic E-state index is 0.0390. The summed E-state index contributed by atoms with van der Waals surface area (Å²) in [4.78, 5) is 18.2. The van der Waals surface area contributed by atoms with Crippen molar-refractivity contribution in [2.45, 2.75) is 19.3 Å². The van der Waals surface area contributed by atoms with E-state index in [4.69, 9.17) is 16.4 Å². The van der Waals surface area contributed by atoms with E-state index in [-0.39, 0.29) is 18.2 Å². The van der Waals surface area contributed by atoms with E-state index in [0.29, 0.717) is 22.7 Å². The third kappa shape index (κ3) is 8.60. The van der Waals surface area contributed by atoms with Gasteiger partial charge >= 0.3 is 0 Å². The van der Waals surface area contributed by atoms with Crippen molar-refractivity contribution in [2.24, 2.45) is 0 Å². The molecular formula is C22H31Cl2N2O4+. The van der Waals surface area contributed by atoms with E-state index in [0.717, 1.165) is 17.3 Å². The van der Waals surface area contributed by atoms with Crippen LogP contribution in [0.15, 0.2) is 48.5 Å². The number of rotatable bonds is 7. The molecule has 1 saturated heterocycles. The Morgan fingerprint density at radius 2 is 1.80 bits per heavy atom. The summed E-state index contributed by atoms with van der Waals surface area (Å²) in [5.41, 5.74) is 2.02. The molecule has 0 saturated carbocycles. The lowest BCUT2D eigenvalue weighted by atomic mass is 10.0. The van der Waals surface area contributed by atoms with E-state index in [1.807, 2.05) is 38.2 Å². The largest absolute Gasteiger partial charge is 0.381 e. The van der Waals surface area contributed by atoms with Crippen molar-refractivity contribution in [3.8, 4) is 0 Å². The number of hydrogen-bond acceptors (Lipinski definition) is 5. The molecule has 2 atom stereocenters. The van der Waals surface area contributed by atoms with Crippen LogP contribution in [0.1, 0.15) is 22.8 Å². The lowest BCUT2D eigenvalue weighted by molar-refractivity contribution is -1.14. The summed E-state index contributed by atoms with van der Waals surface area (Å²) in [7, 11) is 5.19. The van der Waals surface area contributed by atoms with E-state index < -0.39 is 0 Å². The molecule has 2 unspecified atom stereocenters. The van der Waals surface area contributed by atoms with Crippen molar-refractivity contribution < 1.29 is 24.2 Å². The van der Waals surface area contributed by atoms with Gasteiger partial charge in [-0.25, -0.2) is 0 Å². The third-order valence-corrected chi connectivity index (χ3v) is 4.56. The molecule has 1 aliphatic heterocycles. The molecule has 0 spiro atoms. The predicted molar refractivity (Wildman–Crippen MR) is 122 cm³/mol. The first-order chi connectivity index (χ1) is 14.4. The Balaban J connectivity index is 0.000000487. The van der Waals surface area contributed by atoms with Gasteiger partial charge in [-0.05, 0) is 25.1 Å². The number of nitrogens with one attached hydrogen (secondary N) is 2. The van der Waals surface area contributed by atoms with Crippen molar-refractivity contribution in [1.29, 1.82) is 0 Å². The van der Waals surface area contributed by atoms with Gasteiger partial charge in [-0.2, -0.15) is 9.90 Å². The topological polar surface area (TPSA) is 61.2 Å². The summed E-state index contributed by atoms with van der Waals surface area (Å²) in [6.07, 6.45) is 1.58. The van der Waals surface area contributed by atoms with Crippen LogP contribution in [0.25, 0.3) is 0 Å². The molecule has 0 amide bonds. The van der Waals surface area contributed by atoms with Crippen LogP contribution >= 0.6 is 23.2 Å². The zero-order valence-electron chi connectivity index (χ0n) is 18.1. The van der Waals surface area contributed by atoms with Crippen molar-refractivity contribution in [3.63, 3.8) is 0 Å². The van der Waals surface area contributed by atoms with Crippen molar-refractivity contribution >= 4 is 34.7 Å². The van der Waals surface area contributed by atoms with E-state index in [1.54, 1.807) is 38.5 Å². The Kier molecular flexibility index (Phi) is 12.6. The van der Waals surface area contributed by atoms with Gasteiger partial charge in [0.25, 0.3) is 0 Å². The standard InChI is InChI=1S/C17H17ClN2O2.C4H10O2.CH3Cl/c1-20-11-14(22-20)10-19-16-8-7-13(18)9-15(16)17(21)12-5-3-2-4-6-12;1-4(5-2)6-3;1-2/h2-9,14,19H,10-11H2,1H3;4H,1-3H3;1H3/p+1. The number of benzene rings is 2. The van der Waals surface area contributed by atoms with E-state index in [1.165, 1.54) is 6.38 Å². The fraction of sp³-hybridized carbons (Fsp3) is 0.409. The van der Waals surface area contributed by atoms with Crippen LogP contribution in [0, 0.1) is 0 Å².